The number of ether oxygens (including phenoxy) is 2. The summed E-state index contributed by atoms with van der Waals surface area (Å²) in [5, 5.41) is 4.18. The van der Waals surface area contributed by atoms with Crippen molar-refractivity contribution in [2.45, 2.75) is 13.0 Å². The maximum atomic E-state index is 13.3. The molecule has 0 spiro atoms. The Bertz CT molecular complexity index is 1370. The fourth-order valence-electron chi connectivity index (χ4n) is 4.69. The SMILES string of the molecule is O=C(Cc1sc(Nc2ccccc2)nc1-c1ccccc1)N1CCN(Cc2ccc3c(c2)OCO3)CC1. The summed E-state index contributed by atoms with van der Waals surface area (Å²) in [6.07, 6.45) is 0.348. The fourth-order valence-corrected chi connectivity index (χ4v) is 5.69. The molecule has 3 heterocycles. The van der Waals surface area contributed by atoms with Crippen molar-refractivity contribution in [3.8, 4) is 22.8 Å². The van der Waals surface area contributed by atoms with E-state index >= 15 is 0 Å². The summed E-state index contributed by atoms with van der Waals surface area (Å²) < 4.78 is 10.9. The Balaban J connectivity index is 1.11. The summed E-state index contributed by atoms with van der Waals surface area (Å²) in [7, 11) is 0. The van der Waals surface area contributed by atoms with Crippen molar-refractivity contribution in [1.29, 1.82) is 0 Å². The molecule has 7 nitrogen and oxygen atoms in total. The second-order valence-corrected chi connectivity index (χ2v) is 10.3. The van der Waals surface area contributed by atoms with Crippen LogP contribution >= 0.6 is 11.3 Å². The van der Waals surface area contributed by atoms with Crippen molar-refractivity contribution < 1.29 is 14.3 Å². The first kappa shape index (κ1) is 23.5. The smallest absolute Gasteiger partial charge is 0.231 e. The van der Waals surface area contributed by atoms with Crippen LogP contribution in [0.4, 0.5) is 10.8 Å². The Kier molecular flexibility index (Phi) is 6.75. The van der Waals surface area contributed by atoms with Gasteiger partial charge in [0.1, 0.15) is 0 Å². The van der Waals surface area contributed by atoms with E-state index in [2.05, 4.69) is 22.3 Å². The highest BCUT2D eigenvalue weighted by Crippen LogP contribution is 2.34. The van der Waals surface area contributed by atoms with Crippen LogP contribution in [0.3, 0.4) is 0 Å². The van der Waals surface area contributed by atoms with Crippen molar-refractivity contribution >= 4 is 28.1 Å². The number of rotatable bonds is 7. The number of thiazole rings is 1. The van der Waals surface area contributed by atoms with Crippen LogP contribution in [0, 0.1) is 0 Å². The van der Waals surface area contributed by atoms with Crippen molar-refractivity contribution in [2.24, 2.45) is 0 Å². The minimum Gasteiger partial charge on any atom is -0.454 e. The topological polar surface area (TPSA) is 66.9 Å². The number of anilines is 2. The number of para-hydroxylation sites is 1. The minimum absolute atomic E-state index is 0.148. The fraction of sp³-hybridized carbons (Fsp3) is 0.241. The number of benzene rings is 3. The Morgan fingerprint density at radius 3 is 2.41 bits per heavy atom. The van der Waals surface area contributed by atoms with Gasteiger partial charge >= 0.3 is 0 Å². The van der Waals surface area contributed by atoms with Crippen molar-refractivity contribution in [3.05, 3.63) is 89.3 Å². The van der Waals surface area contributed by atoms with Crippen LogP contribution in [0.2, 0.25) is 0 Å². The zero-order valence-corrected chi connectivity index (χ0v) is 21.2. The van der Waals surface area contributed by atoms with Crippen LogP contribution < -0.4 is 14.8 Å². The highest BCUT2D eigenvalue weighted by Gasteiger charge is 2.24. The Hall–Kier alpha value is -3.88. The molecule has 1 saturated heterocycles. The van der Waals surface area contributed by atoms with Crippen LogP contribution in [-0.2, 0) is 17.8 Å². The lowest BCUT2D eigenvalue weighted by Gasteiger charge is -2.34. The van der Waals surface area contributed by atoms with E-state index in [1.807, 2.05) is 71.6 Å². The lowest BCUT2D eigenvalue weighted by Crippen LogP contribution is -2.48. The molecule has 0 bridgehead atoms. The zero-order chi connectivity index (χ0) is 25.0. The van der Waals surface area contributed by atoms with Crippen LogP contribution in [0.1, 0.15) is 10.4 Å². The van der Waals surface area contributed by atoms with Crippen LogP contribution in [0.15, 0.2) is 78.9 Å². The largest absolute Gasteiger partial charge is 0.454 e. The second-order valence-electron chi connectivity index (χ2n) is 9.17. The second kappa shape index (κ2) is 10.6. The van der Waals surface area contributed by atoms with Gasteiger partial charge in [-0.25, -0.2) is 4.98 Å². The first-order valence-corrected chi connectivity index (χ1v) is 13.3. The molecule has 1 N–H and O–H groups in total. The van der Waals surface area contributed by atoms with Gasteiger partial charge in [0.2, 0.25) is 12.7 Å². The number of nitrogens with one attached hydrogen (secondary N) is 1. The monoisotopic (exact) mass is 512 g/mol. The average molecular weight is 513 g/mol. The molecule has 2 aliphatic heterocycles. The molecule has 0 aliphatic carbocycles. The quantitative estimate of drug-likeness (QED) is 0.369. The van der Waals surface area contributed by atoms with Gasteiger partial charge in [0.25, 0.3) is 0 Å². The number of carbonyl (C=O) groups excluding carboxylic acids is 1. The molecule has 0 unspecified atom stereocenters. The lowest BCUT2D eigenvalue weighted by atomic mass is 10.1. The number of amides is 1. The Labute approximate surface area is 220 Å². The third kappa shape index (κ3) is 5.45. The van der Waals surface area contributed by atoms with E-state index in [0.29, 0.717) is 6.42 Å². The average Bonchev–Trinajstić information content (AvgIpc) is 3.56. The molecule has 0 saturated carbocycles. The molecular formula is C29H28N4O3S. The number of hydrogen-bond acceptors (Lipinski definition) is 7. The van der Waals surface area contributed by atoms with Gasteiger partial charge in [-0.05, 0) is 29.8 Å². The van der Waals surface area contributed by atoms with E-state index in [1.54, 1.807) is 11.3 Å². The summed E-state index contributed by atoms with van der Waals surface area (Å²) in [6.45, 7) is 4.25. The van der Waals surface area contributed by atoms with E-state index in [4.69, 9.17) is 14.5 Å². The van der Waals surface area contributed by atoms with Crippen LogP contribution in [0.25, 0.3) is 11.3 Å². The van der Waals surface area contributed by atoms with Gasteiger partial charge in [-0.3, -0.25) is 9.69 Å². The van der Waals surface area contributed by atoms with E-state index in [1.165, 1.54) is 5.56 Å². The number of carbonyl (C=O) groups is 1. The van der Waals surface area contributed by atoms with Gasteiger partial charge < -0.3 is 19.7 Å². The molecule has 6 rings (SSSR count). The molecule has 8 heteroatoms. The summed E-state index contributed by atoms with van der Waals surface area (Å²) >= 11 is 1.55. The van der Waals surface area contributed by atoms with Crippen molar-refractivity contribution in [3.63, 3.8) is 0 Å². The first-order chi connectivity index (χ1) is 18.2. The van der Waals surface area contributed by atoms with E-state index in [0.717, 1.165) is 71.2 Å². The standard InChI is InChI=1S/C29H28N4O3S/c34-27(33-15-13-32(14-16-33)19-21-11-12-24-25(17-21)36-20-35-24)18-26-28(22-7-3-1-4-8-22)31-29(37-26)30-23-9-5-2-6-10-23/h1-12,17H,13-16,18-20H2,(H,30,31). The molecule has 1 aromatic heterocycles. The van der Waals surface area contributed by atoms with E-state index in [-0.39, 0.29) is 12.7 Å². The highest BCUT2D eigenvalue weighted by atomic mass is 32.1. The van der Waals surface area contributed by atoms with E-state index < -0.39 is 0 Å². The molecule has 2 aliphatic rings. The highest BCUT2D eigenvalue weighted by molar-refractivity contribution is 7.16. The third-order valence-corrected chi connectivity index (χ3v) is 7.62. The predicted molar refractivity (Wildman–Crippen MR) is 145 cm³/mol. The van der Waals surface area contributed by atoms with Gasteiger partial charge in [-0.1, -0.05) is 54.6 Å². The summed E-state index contributed by atoms with van der Waals surface area (Å²) in [5.41, 5.74) is 4.07. The van der Waals surface area contributed by atoms with Gasteiger partial charge in [-0.15, -0.1) is 11.3 Å². The first-order valence-electron chi connectivity index (χ1n) is 12.5. The maximum absolute atomic E-state index is 13.3. The zero-order valence-electron chi connectivity index (χ0n) is 20.4. The Morgan fingerprint density at radius 2 is 1.62 bits per heavy atom. The summed E-state index contributed by atoms with van der Waals surface area (Å²) in [4.78, 5) is 23.6. The number of aromatic nitrogens is 1. The van der Waals surface area contributed by atoms with Gasteiger partial charge in [-0.2, -0.15) is 0 Å². The third-order valence-electron chi connectivity index (χ3n) is 6.65. The normalized spacial score (nSPS) is 15.1. The molecule has 1 fully saturated rings. The molecule has 37 heavy (non-hydrogen) atoms. The number of fused-ring (bicyclic) bond motifs is 1. The van der Waals surface area contributed by atoms with Gasteiger partial charge in [0, 0.05) is 48.9 Å². The molecule has 3 aromatic carbocycles. The lowest BCUT2D eigenvalue weighted by molar-refractivity contribution is -0.132. The number of nitrogens with zero attached hydrogens (tertiary/aromatic N) is 3. The number of hydrogen-bond donors (Lipinski definition) is 1. The molecular weight excluding hydrogens is 484 g/mol. The van der Waals surface area contributed by atoms with Crippen molar-refractivity contribution in [1.82, 2.24) is 14.8 Å². The molecule has 0 radical (unpaired) electrons. The molecule has 4 aromatic rings. The summed E-state index contributed by atoms with van der Waals surface area (Å²) in [5.74, 6) is 1.76. The predicted octanol–water partition coefficient (Wildman–Crippen LogP) is 5.17. The van der Waals surface area contributed by atoms with Gasteiger partial charge in [0.05, 0.1) is 12.1 Å². The van der Waals surface area contributed by atoms with Crippen LogP contribution in [-0.4, -0.2) is 53.7 Å². The maximum Gasteiger partial charge on any atom is 0.231 e. The molecule has 188 valence electrons. The van der Waals surface area contributed by atoms with Gasteiger partial charge in [0.15, 0.2) is 16.6 Å². The molecule has 0 atom stereocenters. The van der Waals surface area contributed by atoms with Crippen molar-refractivity contribution in [2.75, 3.05) is 38.3 Å². The Morgan fingerprint density at radius 1 is 0.892 bits per heavy atom. The summed E-state index contributed by atoms with van der Waals surface area (Å²) in [6, 6.07) is 26.2. The minimum atomic E-state index is 0.148. The molecule has 1 amide bonds. The van der Waals surface area contributed by atoms with E-state index in [9.17, 15) is 4.79 Å². The number of piperazine rings is 1. The van der Waals surface area contributed by atoms with Crippen LogP contribution in [0.5, 0.6) is 11.5 Å².